The predicted octanol–water partition coefficient (Wildman–Crippen LogP) is 2.87. The highest BCUT2D eigenvalue weighted by Crippen LogP contribution is 2.49. The first-order valence-electron chi connectivity index (χ1n) is 12.6. The first-order valence-corrected chi connectivity index (χ1v) is 12.6. The molecule has 4 heterocycles. The lowest BCUT2D eigenvalue weighted by atomic mass is 9.86. The monoisotopic (exact) mass is 492 g/mol. The van der Waals surface area contributed by atoms with Gasteiger partial charge < -0.3 is 19.4 Å². The van der Waals surface area contributed by atoms with Crippen LogP contribution in [0.4, 0.5) is 4.39 Å². The van der Waals surface area contributed by atoms with Crippen LogP contribution in [-0.4, -0.2) is 44.2 Å². The second-order valence-corrected chi connectivity index (χ2v) is 10.1. The topological polar surface area (TPSA) is 101 Å². The maximum atomic E-state index is 13.7. The van der Waals surface area contributed by atoms with E-state index in [2.05, 4.69) is 15.2 Å². The number of fused-ring (bicyclic) bond motifs is 4. The zero-order valence-electron chi connectivity index (χ0n) is 19.8. The number of benzene rings is 1. The molecule has 9 heteroatoms. The van der Waals surface area contributed by atoms with Gasteiger partial charge in [-0.15, -0.1) is 0 Å². The largest absolute Gasteiger partial charge is 0.451 e. The van der Waals surface area contributed by atoms with Crippen molar-refractivity contribution < 1.29 is 18.7 Å². The molecule has 2 N–H and O–H groups in total. The van der Waals surface area contributed by atoms with Crippen molar-refractivity contribution in [2.24, 2.45) is 11.8 Å². The number of hydrogen-bond donors (Lipinski definition) is 2. The number of nitrogens with zero attached hydrogens (tertiary/aromatic N) is 3. The van der Waals surface area contributed by atoms with Crippen LogP contribution in [0.1, 0.15) is 43.1 Å². The van der Waals surface area contributed by atoms with Crippen LogP contribution in [0, 0.1) is 17.7 Å². The van der Waals surface area contributed by atoms with Crippen molar-refractivity contribution in [2.75, 3.05) is 6.61 Å². The highest BCUT2D eigenvalue weighted by atomic mass is 19.1. The fourth-order valence-electron chi connectivity index (χ4n) is 6.46. The molecule has 1 saturated heterocycles. The van der Waals surface area contributed by atoms with E-state index < -0.39 is 12.0 Å². The lowest BCUT2D eigenvalue weighted by Gasteiger charge is -2.38. The van der Waals surface area contributed by atoms with Gasteiger partial charge in [0.25, 0.3) is 5.56 Å². The highest BCUT2D eigenvalue weighted by Gasteiger charge is 2.56. The molecule has 2 bridgehead atoms. The number of rotatable bonds is 6. The van der Waals surface area contributed by atoms with Crippen LogP contribution in [0.5, 0.6) is 0 Å². The SMILES string of the molecule is O=C(NC1CCCC1)[C@H]1[C@H](CO)[C@H]2Cn3c(ccc(-c4ccc(F)cc4)c3=O)[C@@H]1N2Cc1cocn1. The number of aliphatic hydroxyl groups is 1. The molecule has 2 aromatic heterocycles. The Kier molecular flexibility index (Phi) is 5.97. The van der Waals surface area contributed by atoms with Gasteiger partial charge in [0.1, 0.15) is 12.1 Å². The minimum absolute atomic E-state index is 0.0675. The van der Waals surface area contributed by atoms with Crippen LogP contribution in [0.3, 0.4) is 0 Å². The Bertz CT molecular complexity index is 1300. The molecule has 0 spiro atoms. The third kappa shape index (κ3) is 3.87. The highest BCUT2D eigenvalue weighted by molar-refractivity contribution is 5.81. The van der Waals surface area contributed by atoms with Crippen molar-refractivity contribution >= 4 is 5.91 Å². The zero-order valence-corrected chi connectivity index (χ0v) is 19.8. The molecule has 3 aliphatic rings. The molecule has 0 unspecified atom stereocenters. The average Bonchev–Trinajstić information content (AvgIpc) is 3.62. The Morgan fingerprint density at radius 3 is 2.64 bits per heavy atom. The molecule has 1 aliphatic carbocycles. The van der Waals surface area contributed by atoms with Crippen molar-refractivity contribution in [2.45, 2.75) is 56.9 Å². The van der Waals surface area contributed by atoms with E-state index in [1.54, 1.807) is 29.0 Å². The van der Waals surface area contributed by atoms with Crippen molar-refractivity contribution in [3.63, 3.8) is 0 Å². The summed E-state index contributed by atoms with van der Waals surface area (Å²) in [4.78, 5) is 33.8. The van der Waals surface area contributed by atoms with Gasteiger partial charge >= 0.3 is 0 Å². The van der Waals surface area contributed by atoms with E-state index >= 15 is 0 Å². The third-order valence-electron chi connectivity index (χ3n) is 8.16. The summed E-state index contributed by atoms with van der Waals surface area (Å²) >= 11 is 0. The van der Waals surface area contributed by atoms with Gasteiger partial charge in [-0.05, 0) is 42.7 Å². The number of hydrogen-bond acceptors (Lipinski definition) is 6. The number of halogens is 1. The minimum atomic E-state index is -0.502. The Balaban J connectivity index is 1.42. The second kappa shape index (κ2) is 9.29. The third-order valence-corrected chi connectivity index (χ3v) is 8.16. The van der Waals surface area contributed by atoms with Gasteiger partial charge in [0.2, 0.25) is 5.91 Å². The molecule has 1 amide bonds. The van der Waals surface area contributed by atoms with Crippen LogP contribution in [0.15, 0.2) is 58.3 Å². The summed E-state index contributed by atoms with van der Waals surface area (Å²) in [5.74, 6) is -1.27. The normalized spacial score (nSPS) is 25.7. The van der Waals surface area contributed by atoms with Gasteiger partial charge in [-0.25, -0.2) is 9.37 Å². The van der Waals surface area contributed by atoms with Gasteiger partial charge in [-0.3, -0.25) is 14.5 Å². The van der Waals surface area contributed by atoms with E-state index in [1.807, 2.05) is 6.07 Å². The minimum Gasteiger partial charge on any atom is -0.451 e. The molecular formula is C27H29FN4O4. The number of pyridine rings is 1. The van der Waals surface area contributed by atoms with E-state index in [0.29, 0.717) is 24.2 Å². The first kappa shape index (κ1) is 23.1. The van der Waals surface area contributed by atoms with Gasteiger partial charge in [0.15, 0.2) is 6.39 Å². The molecule has 3 aromatic rings. The van der Waals surface area contributed by atoms with Gasteiger partial charge in [0.05, 0.1) is 17.7 Å². The van der Waals surface area contributed by atoms with Crippen LogP contribution in [0.25, 0.3) is 11.1 Å². The summed E-state index contributed by atoms with van der Waals surface area (Å²) in [5, 5.41) is 13.7. The maximum Gasteiger partial charge on any atom is 0.258 e. The van der Waals surface area contributed by atoms with E-state index in [9.17, 15) is 19.1 Å². The summed E-state index contributed by atoms with van der Waals surface area (Å²) in [6.07, 6.45) is 7.11. The van der Waals surface area contributed by atoms with Crippen LogP contribution < -0.4 is 10.9 Å². The Labute approximate surface area is 207 Å². The van der Waals surface area contributed by atoms with Crippen LogP contribution in [-0.2, 0) is 17.9 Å². The standard InChI is InChI=1S/C27H29FN4O4/c28-17-7-5-16(6-8-17)20-9-10-22-25-24(26(34)30-18-3-1-2-4-18)21(13-33)23(12-32(22)27(20)35)31(25)11-19-14-36-15-29-19/h5-10,14-15,18,21,23-25,33H,1-4,11-13H2,(H,30,34)/t21-,23-,24+,25+/m1/s1. The lowest BCUT2D eigenvalue weighted by Crippen LogP contribution is -2.46. The number of amides is 1. The predicted molar refractivity (Wildman–Crippen MR) is 129 cm³/mol. The van der Waals surface area contributed by atoms with Gasteiger partial charge in [0, 0.05) is 49.0 Å². The summed E-state index contributed by atoms with van der Waals surface area (Å²) in [5.41, 5.74) is 2.42. The molecule has 0 radical (unpaired) electrons. The number of aromatic nitrogens is 2. The van der Waals surface area contributed by atoms with Gasteiger partial charge in [-0.2, -0.15) is 0 Å². The molecule has 6 rings (SSSR count). The maximum absolute atomic E-state index is 13.7. The van der Waals surface area contributed by atoms with Crippen molar-refractivity contribution in [1.29, 1.82) is 0 Å². The molecule has 1 aromatic carbocycles. The second-order valence-electron chi connectivity index (χ2n) is 10.1. The average molecular weight is 493 g/mol. The fraction of sp³-hybridized carbons (Fsp3) is 0.444. The number of aliphatic hydroxyl groups excluding tert-OH is 1. The number of oxazole rings is 1. The molecule has 2 aliphatic heterocycles. The molecule has 36 heavy (non-hydrogen) atoms. The summed E-state index contributed by atoms with van der Waals surface area (Å²) in [6.45, 7) is 0.631. The summed E-state index contributed by atoms with van der Waals surface area (Å²) in [6, 6.07) is 9.06. The van der Waals surface area contributed by atoms with Crippen molar-refractivity contribution in [1.82, 2.24) is 19.8 Å². The fourth-order valence-corrected chi connectivity index (χ4v) is 6.46. The Morgan fingerprint density at radius 2 is 1.94 bits per heavy atom. The quantitative estimate of drug-likeness (QED) is 0.549. The molecule has 1 saturated carbocycles. The molecule has 8 nitrogen and oxygen atoms in total. The lowest BCUT2D eigenvalue weighted by molar-refractivity contribution is -0.128. The van der Waals surface area contributed by atoms with E-state index in [4.69, 9.17) is 4.42 Å². The van der Waals surface area contributed by atoms with Crippen molar-refractivity contribution in [3.05, 3.63) is 76.6 Å². The Morgan fingerprint density at radius 1 is 1.17 bits per heavy atom. The number of nitrogens with one attached hydrogen (secondary N) is 1. The van der Waals surface area contributed by atoms with E-state index in [-0.39, 0.29) is 41.9 Å². The zero-order chi connectivity index (χ0) is 24.8. The molecule has 4 atom stereocenters. The summed E-state index contributed by atoms with van der Waals surface area (Å²) < 4.78 is 20.4. The van der Waals surface area contributed by atoms with Gasteiger partial charge in [-0.1, -0.05) is 25.0 Å². The summed E-state index contributed by atoms with van der Waals surface area (Å²) in [7, 11) is 0. The first-order chi connectivity index (χ1) is 17.5. The molecule has 188 valence electrons. The number of carbonyl (C=O) groups excluding carboxylic acids is 1. The Hall–Kier alpha value is -3.30. The van der Waals surface area contributed by atoms with Crippen LogP contribution in [0.2, 0.25) is 0 Å². The van der Waals surface area contributed by atoms with E-state index in [0.717, 1.165) is 37.1 Å². The number of carbonyl (C=O) groups is 1. The van der Waals surface area contributed by atoms with E-state index in [1.165, 1.54) is 18.5 Å². The smallest absolute Gasteiger partial charge is 0.258 e. The van der Waals surface area contributed by atoms with Crippen molar-refractivity contribution in [3.8, 4) is 11.1 Å². The molecule has 2 fully saturated rings. The van der Waals surface area contributed by atoms with Crippen LogP contribution >= 0.6 is 0 Å². The molecular weight excluding hydrogens is 463 g/mol.